The second-order valence-electron chi connectivity index (χ2n) is 18.4. The Labute approximate surface area is 408 Å². The van der Waals surface area contributed by atoms with Crippen LogP contribution < -0.4 is 9.80 Å². The lowest BCUT2D eigenvalue weighted by Crippen LogP contribution is -2.30. The molecule has 0 radical (unpaired) electrons. The Kier molecular flexibility index (Phi) is 9.11. The van der Waals surface area contributed by atoms with Crippen LogP contribution in [0.5, 0.6) is 0 Å². The Morgan fingerprint density at radius 2 is 0.729 bits per heavy atom. The number of anilines is 6. The van der Waals surface area contributed by atoms with Gasteiger partial charge in [0.05, 0.1) is 27.8 Å². The monoisotopic (exact) mass is 891 g/mol. The van der Waals surface area contributed by atoms with E-state index in [0.717, 1.165) is 45.3 Å². The minimum absolute atomic E-state index is 0.717. The van der Waals surface area contributed by atoms with Crippen LogP contribution in [-0.2, 0) is 5.41 Å². The number of rotatable bonds is 8. The number of para-hydroxylation sites is 4. The van der Waals surface area contributed by atoms with E-state index >= 15 is 0 Å². The molecule has 70 heavy (non-hydrogen) atoms. The van der Waals surface area contributed by atoms with Gasteiger partial charge < -0.3 is 14.4 Å². The van der Waals surface area contributed by atoms with Crippen LogP contribution in [0.2, 0.25) is 0 Å². The third-order valence-electron chi connectivity index (χ3n) is 14.7. The van der Waals surface area contributed by atoms with Gasteiger partial charge in [-0.1, -0.05) is 194 Å². The van der Waals surface area contributed by atoms with Crippen molar-refractivity contribution in [2.75, 3.05) is 9.80 Å². The van der Waals surface area contributed by atoms with E-state index in [1.165, 1.54) is 71.9 Å². The number of benzene rings is 11. The normalized spacial score (nSPS) is 14.1. The van der Waals surface area contributed by atoms with Crippen LogP contribution in [0.4, 0.5) is 34.1 Å². The molecule has 1 atom stereocenters. The molecule has 0 N–H and O–H groups in total. The average Bonchev–Trinajstić information content (AvgIpc) is 4.05. The molecule has 1 unspecified atom stereocenters. The summed E-state index contributed by atoms with van der Waals surface area (Å²) in [6.45, 7) is 0. The zero-order valence-corrected chi connectivity index (χ0v) is 38.3. The molecule has 0 bridgehead atoms. The molecule has 1 heterocycles. The summed E-state index contributed by atoms with van der Waals surface area (Å²) in [7, 11) is 0. The van der Waals surface area contributed by atoms with Crippen molar-refractivity contribution in [1.82, 2.24) is 4.57 Å². The molecule has 1 spiro atoms. The van der Waals surface area contributed by atoms with Gasteiger partial charge in [-0.15, -0.1) is 0 Å². The lowest BCUT2D eigenvalue weighted by Gasteiger charge is -2.38. The molecule has 11 aromatic carbocycles. The summed E-state index contributed by atoms with van der Waals surface area (Å²) in [6.07, 6.45) is 0. The first kappa shape index (κ1) is 39.9. The Morgan fingerprint density at radius 1 is 0.286 bits per heavy atom. The molecule has 0 amide bonds. The van der Waals surface area contributed by atoms with Gasteiger partial charge >= 0.3 is 0 Å². The number of hydrogen-bond donors (Lipinski definition) is 0. The van der Waals surface area contributed by atoms with Crippen LogP contribution in [0, 0.1) is 0 Å². The van der Waals surface area contributed by atoms with E-state index < -0.39 is 5.41 Å². The van der Waals surface area contributed by atoms with Crippen LogP contribution in [-0.4, -0.2) is 4.57 Å². The minimum Gasteiger partial charge on any atom is -0.310 e. The fourth-order valence-electron chi connectivity index (χ4n) is 12.0. The van der Waals surface area contributed by atoms with Crippen molar-refractivity contribution >= 4 is 55.9 Å². The summed E-state index contributed by atoms with van der Waals surface area (Å²) in [5, 5.41) is 2.46. The third-order valence-corrected chi connectivity index (χ3v) is 14.7. The maximum atomic E-state index is 2.51. The first-order valence-corrected chi connectivity index (χ1v) is 24.2. The van der Waals surface area contributed by atoms with Gasteiger partial charge in [0.2, 0.25) is 0 Å². The average molecular weight is 892 g/mol. The number of aromatic nitrogens is 1. The Morgan fingerprint density at radius 3 is 1.34 bits per heavy atom. The SMILES string of the molecule is c1ccc(-c2cccc(N(c3ccccc3)c3cccc4c3C3(c5ccccc5-4)c4ccccc4-c4cccc(N(c5ccccc5)c5ccc6c7ccccc7n(-c7ccccc7)c6c5)c43)c2)cc1. The summed E-state index contributed by atoms with van der Waals surface area (Å²) in [4.78, 5) is 5.01. The van der Waals surface area contributed by atoms with Gasteiger partial charge in [0.15, 0.2) is 0 Å². The van der Waals surface area contributed by atoms with Crippen molar-refractivity contribution in [1.29, 1.82) is 0 Å². The first-order valence-electron chi connectivity index (χ1n) is 24.2. The minimum atomic E-state index is -0.717. The zero-order chi connectivity index (χ0) is 46.2. The Hall–Kier alpha value is -9.18. The summed E-state index contributed by atoms with van der Waals surface area (Å²) < 4.78 is 2.42. The predicted octanol–water partition coefficient (Wildman–Crippen LogP) is 17.7. The van der Waals surface area contributed by atoms with Crippen molar-refractivity contribution < 1.29 is 0 Å². The van der Waals surface area contributed by atoms with Gasteiger partial charge in [-0.05, 0) is 123 Å². The highest BCUT2D eigenvalue weighted by molar-refractivity contribution is 6.11. The number of hydrogen-bond acceptors (Lipinski definition) is 2. The molecule has 12 aromatic rings. The van der Waals surface area contributed by atoms with Gasteiger partial charge in [0.1, 0.15) is 0 Å². The van der Waals surface area contributed by atoms with Crippen LogP contribution in [0.15, 0.2) is 273 Å². The van der Waals surface area contributed by atoms with Crippen molar-refractivity contribution in [3.05, 3.63) is 295 Å². The first-order chi connectivity index (χ1) is 34.8. The predicted molar refractivity (Wildman–Crippen MR) is 292 cm³/mol. The smallest absolute Gasteiger partial charge is 0.0766 e. The second-order valence-corrected chi connectivity index (χ2v) is 18.4. The molecule has 1 aromatic heterocycles. The van der Waals surface area contributed by atoms with Crippen LogP contribution >= 0.6 is 0 Å². The van der Waals surface area contributed by atoms with Crippen molar-refractivity contribution in [3.8, 4) is 39.1 Å². The standard InChI is InChI=1S/C67H45N3/c1-5-22-46(23-6-1)47-24-19-31-51(44-47)68(48-25-7-2-8-26-48)62-40-20-35-57-53-32-13-16-37-59(53)67(65(57)62)60-38-17-14-33-54(60)58-36-21-41-63(66(58)67)69(49-27-9-3-10-28-49)52-42-43-56-55-34-15-18-39-61(55)70(64(56)45-52)50-29-11-4-12-30-50/h1-45H. The van der Waals surface area contributed by atoms with Crippen molar-refractivity contribution in [2.24, 2.45) is 0 Å². The van der Waals surface area contributed by atoms with E-state index in [-0.39, 0.29) is 0 Å². The van der Waals surface area contributed by atoms with Gasteiger partial charge in [-0.25, -0.2) is 0 Å². The van der Waals surface area contributed by atoms with E-state index in [9.17, 15) is 0 Å². The zero-order valence-electron chi connectivity index (χ0n) is 38.3. The van der Waals surface area contributed by atoms with Gasteiger partial charge in [0, 0.05) is 50.3 Å². The maximum Gasteiger partial charge on any atom is 0.0766 e. The van der Waals surface area contributed by atoms with E-state index in [2.05, 4.69) is 287 Å². The molecular formula is C67H45N3. The highest BCUT2D eigenvalue weighted by atomic mass is 15.2. The largest absolute Gasteiger partial charge is 0.310 e. The van der Waals surface area contributed by atoms with Crippen LogP contribution in [0.3, 0.4) is 0 Å². The summed E-state index contributed by atoms with van der Waals surface area (Å²) in [5.74, 6) is 0. The molecule has 3 heteroatoms. The van der Waals surface area contributed by atoms with Crippen LogP contribution in [0.25, 0.3) is 60.9 Å². The topological polar surface area (TPSA) is 11.4 Å². The quantitative estimate of drug-likeness (QED) is 0.151. The molecule has 0 aliphatic heterocycles. The molecule has 14 rings (SSSR count). The molecule has 0 saturated carbocycles. The van der Waals surface area contributed by atoms with E-state index in [0.29, 0.717) is 0 Å². The highest BCUT2D eigenvalue weighted by Gasteiger charge is 2.55. The van der Waals surface area contributed by atoms with Gasteiger partial charge in [0.25, 0.3) is 0 Å². The van der Waals surface area contributed by atoms with E-state index in [1.54, 1.807) is 0 Å². The Bertz CT molecular complexity index is 3940. The number of fused-ring (bicyclic) bond motifs is 13. The molecule has 328 valence electrons. The maximum absolute atomic E-state index is 2.51. The van der Waals surface area contributed by atoms with Crippen molar-refractivity contribution in [3.63, 3.8) is 0 Å². The van der Waals surface area contributed by atoms with Crippen LogP contribution in [0.1, 0.15) is 22.3 Å². The lowest BCUT2D eigenvalue weighted by molar-refractivity contribution is 0.792. The van der Waals surface area contributed by atoms with Gasteiger partial charge in [-0.2, -0.15) is 0 Å². The fourth-order valence-corrected chi connectivity index (χ4v) is 12.0. The summed E-state index contributed by atoms with van der Waals surface area (Å²) >= 11 is 0. The van der Waals surface area contributed by atoms with E-state index in [1.807, 2.05) is 0 Å². The molecule has 2 aliphatic carbocycles. The summed E-state index contributed by atoms with van der Waals surface area (Å²) in [5.41, 5.74) is 21.9. The molecule has 0 fully saturated rings. The highest BCUT2D eigenvalue weighted by Crippen LogP contribution is 2.67. The van der Waals surface area contributed by atoms with Crippen molar-refractivity contribution in [2.45, 2.75) is 5.41 Å². The Balaban J connectivity index is 1.08. The fraction of sp³-hybridized carbons (Fsp3) is 0.0149. The van der Waals surface area contributed by atoms with Gasteiger partial charge in [-0.3, -0.25) is 0 Å². The number of nitrogens with zero attached hydrogens (tertiary/aromatic N) is 3. The second kappa shape index (κ2) is 16.0. The summed E-state index contributed by atoms with van der Waals surface area (Å²) in [6, 6.07) is 100. The lowest BCUT2D eigenvalue weighted by atomic mass is 9.69. The molecule has 3 nitrogen and oxygen atoms in total. The molecular weight excluding hydrogens is 847 g/mol. The molecule has 0 saturated heterocycles. The molecule has 2 aliphatic rings. The van der Waals surface area contributed by atoms with E-state index in [4.69, 9.17) is 0 Å². The third kappa shape index (κ3) is 5.88.